The van der Waals surface area contributed by atoms with Crippen molar-refractivity contribution in [1.82, 2.24) is 10.3 Å². The van der Waals surface area contributed by atoms with Gasteiger partial charge >= 0.3 is 11.8 Å². The minimum atomic E-state index is -0.789. The summed E-state index contributed by atoms with van der Waals surface area (Å²) in [6.07, 6.45) is 5.82. The number of rotatable bonds is 8. The Morgan fingerprint density at radius 3 is 2.69 bits per heavy atom. The van der Waals surface area contributed by atoms with Crippen molar-refractivity contribution in [2.45, 2.75) is 39.2 Å². The van der Waals surface area contributed by atoms with Crippen molar-refractivity contribution < 1.29 is 23.1 Å². The molecule has 0 radical (unpaired) electrons. The molecular weight excluding hydrogens is 377 g/mol. The van der Waals surface area contributed by atoms with Crippen LogP contribution in [0.2, 0.25) is 0 Å². The molecule has 0 aliphatic rings. The smallest absolute Gasteiger partial charge is 0.313 e. The van der Waals surface area contributed by atoms with Crippen LogP contribution in [0.15, 0.2) is 46.9 Å². The fourth-order valence-corrected chi connectivity index (χ4v) is 2.67. The van der Waals surface area contributed by atoms with E-state index >= 15 is 0 Å². The molecule has 8 heteroatoms. The fourth-order valence-electron chi connectivity index (χ4n) is 2.67. The second-order valence-corrected chi connectivity index (χ2v) is 7.30. The maximum atomic E-state index is 12.5. The van der Waals surface area contributed by atoms with Crippen LogP contribution in [0.4, 0.5) is 10.1 Å². The summed E-state index contributed by atoms with van der Waals surface area (Å²) < 4.78 is 23.1. The first-order chi connectivity index (χ1) is 13.8. The summed E-state index contributed by atoms with van der Waals surface area (Å²) in [5.74, 6) is -0.547. The number of aromatic nitrogens is 1. The predicted octanol–water partition coefficient (Wildman–Crippen LogP) is 3.88. The van der Waals surface area contributed by atoms with Crippen LogP contribution in [0.25, 0.3) is 11.3 Å². The summed E-state index contributed by atoms with van der Waals surface area (Å²) in [7, 11) is 1.50. The Morgan fingerprint density at radius 1 is 1.31 bits per heavy atom. The van der Waals surface area contributed by atoms with Gasteiger partial charge in [-0.25, -0.2) is 9.37 Å². The number of alkyl halides is 1. The molecule has 2 aromatic rings. The van der Waals surface area contributed by atoms with Gasteiger partial charge < -0.3 is 19.8 Å². The molecule has 1 heterocycles. The molecular formula is C21H26FN3O4. The highest BCUT2D eigenvalue weighted by atomic mass is 19.1. The highest BCUT2D eigenvalue weighted by Crippen LogP contribution is 2.32. The van der Waals surface area contributed by atoms with Gasteiger partial charge in [0, 0.05) is 17.3 Å². The van der Waals surface area contributed by atoms with Gasteiger partial charge in [-0.3, -0.25) is 9.59 Å². The van der Waals surface area contributed by atoms with E-state index in [0.29, 0.717) is 41.2 Å². The molecule has 1 aromatic heterocycles. The Bertz CT molecular complexity index is 876. The Balaban J connectivity index is 1.99. The average Bonchev–Trinajstić information content (AvgIpc) is 3.21. The zero-order valence-electron chi connectivity index (χ0n) is 17.0. The molecule has 2 N–H and O–H groups in total. The Morgan fingerprint density at radius 2 is 2.07 bits per heavy atom. The number of oxazole rings is 1. The number of amides is 2. The molecule has 0 spiro atoms. The van der Waals surface area contributed by atoms with Crippen LogP contribution in [-0.2, 0) is 9.59 Å². The number of hydrogen-bond donors (Lipinski definition) is 2. The first-order valence-electron chi connectivity index (χ1n) is 9.17. The molecule has 2 rings (SSSR count). The van der Waals surface area contributed by atoms with E-state index in [1.54, 1.807) is 37.4 Å². The van der Waals surface area contributed by atoms with Gasteiger partial charge in [-0.1, -0.05) is 6.08 Å². The monoisotopic (exact) mass is 403 g/mol. The molecule has 0 saturated carbocycles. The van der Waals surface area contributed by atoms with Crippen LogP contribution in [0.1, 0.15) is 33.6 Å². The van der Waals surface area contributed by atoms with Crippen LogP contribution < -0.4 is 15.4 Å². The molecule has 0 bridgehead atoms. The number of nitrogens with one attached hydrogen (secondary N) is 2. The molecule has 0 atom stereocenters. The van der Waals surface area contributed by atoms with E-state index in [1.807, 2.05) is 13.8 Å². The summed E-state index contributed by atoms with van der Waals surface area (Å²) in [6.45, 7) is 4.84. The van der Waals surface area contributed by atoms with Crippen LogP contribution >= 0.6 is 0 Å². The number of anilines is 1. The quantitative estimate of drug-likeness (QED) is 0.515. The van der Waals surface area contributed by atoms with E-state index in [-0.39, 0.29) is 0 Å². The summed E-state index contributed by atoms with van der Waals surface area (Å²) in [5, 5.41) is 5.26. The second kappa shape index (κ2) is 9.86. The number of allylic oxidation sites excluding steroid dienone is 2. The van der Waals surface area contributed by atoms with Crippen molar-refractivity contribution in [2.75, 3.05) is 19.1 Å². The van der Waals surface area contributed by atoms with Gasteiger partial charge in [0.2, 0.25) is 0 Å². The first-order valence-corrected chi connectivity index (χ1v) is 9.17. The molecule has 0 aliphatic carbocycles. The molecule has 1 aromatic carbocycles. The van der Waals surface area contributed by atoms with E-state index in [9.17, 15) is 14.0 Å². The largest absolute Gasteiger partial charge is 0.496 e. The van der Waals surface area contributed by atoms with E-state index in [4.69, 9.17) is 9.15 Å². The lowest BCUT2D eigenvalue weighted by Crippen LogP contribution is -2.48. The number of nitrogens with zero attached hydrogens (tertiary/aromatic N) is 1. The van der Waals surface area contributed by atoms with Gasteiger partial charge in [-0.15, -0.1) is 0 Å². The summed E-state index contributed by atoms with van der Waals surface area (Å²) >= 11 is 0. The van der Waals surface area contributed by atoms with Gasteiger partial charge in [0.1, 0.15) is 12.4 Å². The van der Waals surface area contributed by atoms with Crippen LogP contribution in [0.3, 0.4) is 0 Å². The molecule has 0 saturated heterocycles. The fraction of sp³-hybridized carbons (Fsp3) is 0.381. The van der Waals surface area contributed by atoms with Crippen molar-refractivity contribution >= 4 is 17.5 Å². The van der Waals surface area contributed by atoms with Crippen LogP contribution in [-0.4, -0.2) is 36.1 Å². The van der Waals surface area contributed by atoms with Crippen molar-refractivity contribution in [1.29, 1.82) is 0 Å². The zero-order chi connectivity index (χ0) is 21.4. The lowest BCUT2D eigenvalue weighted by atomic mass is 9.97. The average molecular weight is 403 g/mol. The highest BCUT2D eigenvalue weighted by molar-refractivity contribution is 6.39. The Kier molecular flexibility index (Phi) is 7.52. The minimum absolute atomic E-state index is 0.407. The second-order valence-electron chi connectivity index (χ2n) is 7.30. The molecule has 2 amide bonds. The van der Waals surface area contributed by atoms with E-state index < -0.39 is 24.0 Å². The Labute approximate surface area is 169 Å². The normalized spacial score (nSPS) is 11.8. The predicted molar refractivity (Wildman–Crippen MR) is 108 cm³/mol. The van der Waals surface area contributed by atoms with Crippen LogP contribution in [0.5, 0.6) is 5.75 Å². The number of methoxy groups -OCH3 is 1. The lowest BCUT2D eigenvalue weighted by Gasteiger charge is -2.25. The maximum Gasteiger partial charge on any atom is 0.313 e. The zero-order valence-corrected chi connectivity index (χ0v) is 17.0. The maximum absolute atomic E-state index is 12.5. The van der Waals surface area contributed by atoms with Crippen molar-refractivity contribution in [2.24, 2.45) is 0 Å². The molecule has 0 unspecified atom stereocenters. The third kappa shape index (κ3) is 6.44. The highest BCUT2D eigenvalue weighted by Gasteiger charge is 2.24. The SMILES string of the molecule is COc1cc(NC(=O)C(=O)NC(C)(C)CCC=C(C)CF)ccc1-c1cnco1. The number of carbonyl (C=O) groups excluding carboxylic acids is 2. The van der Waals surface area contributed by atoms with Crippen LogP contribution in [0, 0.1) is 0 Å². The number of hydrogen-bond acceptors (Lipinski definition) is 5. The molecule has 156 valence electrons. The van der Waals surface area contributed by atoms with Crippen molar-refractivity contribution in [3.8, 4) is 17.1 Å². The number of carbonyl (C=O) groups is 2. The molecule has 7 nitrogen and oxygen atoms in total. The topological polar surface area (TPSA) is 93.5 Å². The van der Waals surface area contributed by atoms with Gasteiger partial charge in [0.25, 0.3) is 0 Å². The van der Waals surface area contributed by atoms with Gasteiger partial charge in [0.05, 0.1) is 18.9 Å². The lowest BCUT2D eigenvalue weighted by molar-refractivity contribution is -0.137. The summed E-state index contributed by atoms with van der Waals surface area (Å²) in [6, 6.07) is 4.94. The molecule has 0 fully saturated rings. The van der Waals surface area contributed by atoms with Gasteiger partial charge in [0.15, 0.2) is 12.2 Å². The van der Waals surface area contributed by atoms with Gasteiger partial charge in [-0.05, 0) is 51.3 Å². The summed E-state index contributed by atoms with van der Waals surface area (Å²) in [5.41, 5.74) is 1.11. The number of benzene rings is 1. The first kappa shape index (κ1) is 22.1. The third-order valence-electron chi connectivity index (χ3n) is 4.29. The molecule has 0 aliphatic heterocycles. The third-order valence-corrected chi connectivity index (χ3v) is 4.29. The van der Waals surface area contributed by atoms with E-state index in [0.717, 1.165) is 0 Å². The van der Waals surface area contributed by atoms with Crippen molar-refractivity contribution in [3.63, 3.8) is 0 Å². The molecule has 29 heavy (non-hydrogen) atoms. The Hall–Kier alpha value is -3.16. The summed E-state index contributed by atoms with van der Waals surface area (Å²) in [4.78, 5) is 28.4. The minimum Gasteiger partial charge on any atom is -0.496 e. The van der Waals surface area contributed by atoms with E-state index in [1.165, 1.54) is 13.5 Å². The number of ether oxygens (including phenoxy) is 1. The van der Waals surface area contributed by atoms with E-state index in [2.05, 4.69) is 15.6 Å². The number of halogens is 1. The van der Waals surface area contributed by atoms with Crippen molar-refractivity contribution in [3.05, 3.63) is 42.4 Å². The van der Waals surface area contributed by atoms with Gasteiger partial charge in [-0.2, -0.15) is 0 Å². The standard InChI is InChI=1S/C21H26FN3O4/c1-14(11-22)6-5-9-21(2,3)25-20(27)19(26)24-15-7-8-16(17(10-15)28-4)18-12-23-13-29-18/h6-8,10,12-13H,5,9,11H2,1-4H3,(H,24,26)(H,25,27).